The van der Waals surface area contributed by atoms with Crippen LogP contribution in [0.4, 0.5) is 4.79 Å². The zero-order valence-electron chi connectivity index (χ0n) is 14.2. The number of carbonyl (C=O) groups is 2. The van der Waals surface area contributed by atoms with E-state index in [1.807, 2.05) is 38.1 Å². The molecule has 25 heavy (non-hydrogen) atoms. The van der Waals surface area contributed by atoms with Gasteiger partial charge in [-0.05, 0) is 26.3 Å². The molecule has 0 aliphatic carbocycles. The van der Waals surface area contributed by atoms with Crippen molar-refractivity contribution in [1.29, 1.82) is 0 Å². The van der Waals surface area contributed by atoms with Crippen molar-refractivity contribution in [2.45, 2.75) is 38.4 Å². The Labute approximate surface area is 145 Å². The van der Waals surface area contributed by atoms with E-state index in [9.17, 15) is 19.8 Å². The summed E-state index contributed by atoms with van der Waals surface area (Å²) < 4.78 is 1.80. The molecular formula is C17H22N4O4. The number of carboxylic acid groups (broad SMARTS) is 1. The average Bonchev–Trinajstić information content (AvgIpc) is 3.16. The summed E-state index contributed by atoms with van der Waals surface area (Å²) in [6.45, 7) is 3.89. The van der Waals surface area contributed by atoms with Gasteiger partial charge in [0.2, 0.25) is 0 Å². The molecule has 0 bridgehead atoms. The summed E-state index contributed by atoms with van der Waals surface area (Å²) in [6, 6.07) is 6.80. The Bertz CT molecular complexity index is 801. The normalized spacial score (nSPS) is 20.4. The number of fused-ring (bicyclic) bond motifs is 1. The fourth-order valence-electron chi connectivity index (χ4n) is 3.33. The summed E-state index contributed by atoms with van der Waals surface area (Å²) in [4.78, 5) is 25.1. The number of amides is 2. The molecule has 8 heteroatoms. The van der Waals surface area contributed by atoms with Crippen molar-refractivity contribution in [3.05, 3.63) is 30.0 Å². The van der Waals surface area contributed by atoms with Gasteiger partial charge in [0.1, 0.15) is 0 Å². The molecule has 8 nitrogen and oxygen atoms in total. The van der Waals surface area contributed by atoms with E-state index in [0.29, 0.717) is 12.1 Å². The van der Waals surface area contributed by atoms with Gasteiger partial charge in [-0.1, -0.05) is 18.2 Å². The number of carbonyl (C=O) groups excluding carboxylic acids is 1. The van der Waals surface area contributed by atoms with Crippen molar-refractivity contribution in [2.75, 3.05) is 13.2 Å². The number of aromatic nitrogens is 2. The molecule has 1 fully saturated rings. The standard InChI is InChI=1S/C17H22N4O4/c1-10(2)21-14-6-4-3-5-13(14)15(19-21)16(23)18-11-7-12(9-22)20(8-11)17(24)25/h3-6,10-12,22H,7-9H2,1-2H3,(H,18,23)(H,24,25)/t11-,12-/m0/s1. The van der Waals surface area contributed by atoms with Crippen molar-refractivity contribution in [3.63, 3.8) is 0 Å². The minimum absolute atomic E-state index is 0.110. The molecular weight excluding hydrogens is 324 g/mol. The van der Waals surface area contributed by atoms with Gasteiger partial charge in [-0.25, -0.2) is 4.79 Å². The molecule has 3 rings (SSSR count). The van der Waals surface area contributed by atoms with E-state index in [1.165, 1.54) is 0 Å². The zero-order chi connectivity index (χ0) is 18.1. The van der Waals surface area contributed by atoms with E-state index in [2.05, 4.69) is 10.4 Å². The monoisotopic (exact) mass is 346 g/mol. The predicted molar refractivity (Wildman–Crippen MR) is 91.6 cm³/mol. The van der Waals surface area contributed by atoms with Gasteiger partial charge in [0.15, 0.2) is 5.69 Å². The van der Waals surface area contributed by atoms with Crippen molar-refractivity contribution in [2.24, 2.45) is 0 Å². The highest BCUT2D eigenvalue weighted by atomic mass is 16.4. The number of para-hydroxylation sites is 1. The highest BCUT2D eigenvalue weighted by Crippen LogP contribution is 2.23. The van der Waals surface area contributed by atoms with E-state index in [-0.39, 0.29) is 31.1 Å². The Morgan fingerprint density at radius 3 is 2.68 bits per heavy atom. The van der Waals surface area contributed by atoms with Crippen LogP contribution in [0.2, 0.25) is 0 Å². The fourth-order valence-corrected chi connectivity index (χ4v) is 3.33. The van der Waals surface area contributed by atoms with Crippen LogP contribution in [0.15, 0.2) is 24.3 Å². The van der Waals surface area contributed by atoms with Crippen LogP contribution in [0, 0.1) is 0 Å². The van der Waals surface area contributed by atoms with Crippen molar-refractivity contribution in [3.8, 4) is 0 Å². The Morgan fingerprint density at radius 1 is 1.36 bits per heavy atom. The van der Waals surface area contributed by atoms with Crippen LogP contribution < -0.4 is 5.32 Å². The Morgan fingerprint density at radius 2 is 2.08 bits per heavy atom. The lowest BCUT2D eigenvalue weighted by atomic mass is 10.1. The lowest BCUT2D eigenvalue weighted by Crippen LogP contribution is -2.39. The van der Waals surface area contributed by atoms with Gasteiger partial charge in [0, 0.05) is 24.0 Å². The van der Waals surface area contributed by atoms with E-state index in [0.717, 1.165) is 15.8 Å². The van der Waals surface area contributed by atoms with Crippen LogP contribution in [0.5, 0.6) is 0 Å². The second-order valence-electron chi connectivity index (χ2n) is 6.58. The predicted octanol–water partition coefficient (Wildman–Crippen LogP) is 1.46. The number of hydrogen-bond acceptors (Lipinski definition) is 4. The number of nitrogens with zero attached hydrogens (tertiary/aromatic N) is 3. The molecule has 0 spiro atoms. The average molecular weight is 346 g/mol. The van der Waals surface area contributed by atoms with Gasteiger partial charge in [0.25, 0.3) is 5.91 Å². The number of aliphatic hydroxyl groups is 1. The summed E-state index contributed by atoms with van der Waals surface area (Å²) in [5.74, 6) is -0.329. The largest absolute Gasteiger partial charge is 0.465 e. The molecule has 2 aromatic rings. The summed E-state index contributed by atoms with van der Waals surface area (Å²) in [7, 11) is 0. The number of nitrogens with one attached hydrogen (secondary N) is 1. The van der Waals surface area contributed by atoms with Crippen LogP contribution in [0.25, 0.3) is 10.9 Å². The molecule has 2 amide bonds. The van der Waals surface area contributed by atoms with Crippen LogP contribution in [0.3, 0.4) is 0 Å². The quantitative estimate of drug-likeness (QED) is 0.777. The van der Waals surface area contributed by atoms with Gasteiger partial charge in [-0.2, -0.15) is 5.10 Å². The first-order chi connectivity index (χ1) is 11.9. The Hall–Kier alpha value is -2.61. The molecule has 1 aliphatic rings. The Balaban J connectivity index is 1.83. The number of hydrogen-bond donors (Lipinski definition) is 3. The zero-order valence-corrected chi connectivity index (χ0v) is 14.2. The van der Waals surface area contributed by atoms with E-state index < -0.39 is 12.1 Å². The van der Waals surface area contributed by atoms with Gasteiger partial charge >= 0.3 is 6.09 Å². The molecule has 0 radical (unpaired) electrons. The smallest absolute Gasteiger partial charge is 0.407 e. The summed E-state index contributed by atoms with van der Waals surface area (Å²) in [5.41, 5.74) is 1.22. The summed E-state index contributed by atoms with van der Waals surface area (Å²) in [5, 5.41) is 26.6. The van der Waals surface area contributed by atoms with Crippen molar-refractivity contribution < 1.29 is 19.8 Å². The molecule has 1 aromatic heterocycles. The third-order valence-corrected chi connectivity index (χ3v) is 4.52. The number of benzene rings is 1. The minimum Gasteiger partial charge on any atom is -0.465 e. The lowest BCUT2D eigenvalue weighted by molar-refractivity contribution is 0.0931. The maximum Gasteiger partial charge on any atom is 0.407 e. The van der Waals surface area contributed by atoms with Crippen LogP contribution in [-0.4, -0.2) is 62.1 Å². The van der Waals surface area contributed by atoms with Crippen LogP contribution >= 0.6 is 0 Å². The van der Waals surface area contributed by atoms with E-state index in [1.54, 1.807) is 4.68 Å². The molecule has 2 atom stereocenters. The maximum absolute atomic E-state index is 12.7. The van der Waals surface area contributed by atoms with Gasteiger partial charge in [0.05, 0.1) is 18.2 Å². The van der Waals surface area contributed by atoms with Gasteiger partial charge in [-0.15, -0.1) is 0 Å². The number of rotatable bonds is 4. The first kappa shape index (κ1) is 17.2. The van der Waals surface area contributed by atoms with E-state index >= 15 is 0 Å². The summed E-state index contributed by atoms with van der Waals surface area (Å²) in [6.07, 6.45) is -0.706. The molecule has 2 heterocycles. The third-order valence-electron chi connectivity index (χ3n) is 4.52. The third kappa shape index (κ3) is 3.17. The highest BCUT2D eigenvalue weighted by Gasteiger charge is 2.36. The second kappa shape index (κ2) is 6.72. The SMILES string of the molecule is CC(C)n1nc(C(=O)N[C@H]2C[C@@H](CO)N(C(=O)O)C2)c2ccccc21. The molecule has 0 unspecified atom stereocenters. The maximum atomic E-state index is 12.7. The fraction of sp³-hybridized carbons (Fsp3) is 0.471. The number of aliphatic hydroxyl groups excluding tert-OH is 1. The van der Waals surface area contributed by atoms with E-state index in [4.69, 9.17) is 0 Å². The van der Waals surface area contributed by atoms with Crippen LogP contribution in [0.1, 0.15) is 36.8 Å². The summed E-state index contributed by atoms with van der Waals surface area (Å²) >= 11 is 0. The first-order valence-corrected chi connectivity index (χ1v) is 8.31. The molecule has 1 aliphatic heterocycles. The van der Waals surface area contributed by atoms with Crippen LogP contribution in [-0.2, 0) is 0 Å². The topological polar surface area (TPSA) is 108 Å². The second-order valence-corrected chi connectivity index (χ2v) is 6.58. The molecule has 1 saturated heterocycles. The van der Waals surface area contributed by atoms with Crippen molar-refractivity contribution >= 4 is 22.9 Å². The Kier molecular flexibility index (Phi) is 4.63. The lowest BCUT2D eigenvalue weighted by Gasteiger charge is -2.18. The van der Waals surface area contributed by atoms with Gasteiger partial charge in [-0.3, -0.25) is 9.48 Å². The molecule has 0 saturated carbocycles. The first-order valence-electron chi connectivity index (χ1n) is 8.31. The number of likely N-dealkylation sites (tertiary alicyclic amines) is 1. The highest BCUT2D eigenvalue weighted by molar-refractivity contribution is 6.05. The molecule has 1 aromatic carbocycles. The molecule has 134 valence electrons. The minimum atomic E-state index is -1.09. The molecule has 3 N–H and O–H groups in total. The van der Waals surface area contributed by atoms with Crippen molar-refractivity contribution in [1.82, 2.24) is 20.0 Å². The van der Waals surface area contributed by atoms with Gasteiger partial charge < -0.3 is 20.4 Å².